The maximum absolute atomic E-state index is 13.5. The van der Waals surface area contributed by atoms with Crippen molar-refractivity contribution in [3.63, 3.8) is 0 Å². The van der Waals surface area contributed by atoms with Gasteiger partial charge in [0.05, 0.1) is 35.3 Å². The molecule has 3 saturated carbocycles. The number of benzene rings is 4. The number of rotatable bonds is 17. The molecule has 3 aliphatic rings. The minimum atomic E-state index is -0.312. The molecule has 364 valence electrons. The Morgan fingerprint density at radius 1 is 0.594 bits per heavy atom. The van der Waals surface area contributed by atoms with Crippen LogP contribution in [0.15, 0.2) is 73.1 Å². The molecule has 69 heavy (non-hydrogen) atoms. The number of methoxy groups -OCH3 is 2. The number of aromatic hydroxyl groups is 2. The van der Waals surface area contributed by atoms with Crippen LogP contribution in [0.2, 0.25) is 10.0 Å². The van der Waals surface area contributed by atoms with Gasteiger partial charge in [-0.25, -0.2) is 0 Å². The van der Waals surface area contributed by atoms with Crippen molar-refractivity contribution in [1.82, 2.24) is 19.8 Å². The summed E-state index contributed by atoms with van der Waals surface area (Å²) < 4.78 is 11.0. The number of carbonyl (C=O) groups is 1. The average Bonchev–Trinajstić information content (AvgIpc) is 4.11. The number of aromatic nitrogens is 2. The normalized spacial score (nSPS) is 22.6. The first-order valence-corrected chi connectivity index (χ1v) is 25.7. The van der Waals surface area contributed by atoms with Crippen LogP contribution in [-0.2, 0) is 4.79 Å². The molecule has 3 aliphatic carbocycles. The van der Waals surface area contributed by atoms with Gasteiger partial charge in [0.15, 0.2) is 23.0 Å². The first-order valence-electron chi connectivity index (χ1n) is 25.0. The van der Waals surface area contributed by atoms with Crippen LogP contribution in [0.1, 0.15) is 102 Å². The molecule has 2 aromatic heterocycles. The fraction of sp³-hybridized carbons (Fsp3) is 0.446. The molecular weight excluding hydrogens is 908 g/mol. The smallest absolute Gasteiger partial charge is 0.176 e. The fourth-order valence-electron chi connectivity index (χ4n) is 11.8. The Balaban J connectivity index is 1.15. The lowest BCUT2D eigenvalue weighted by atomic mass is 9.89. The van der Waals surface area contributed by atoms with Crippen molar-refractivity contribution in [2.24, 2.45) is 5.92 Å². The van der Waals surface area contributed by atoms with Gasteiger partial charge in [0.1, 0.15) is 6.29 Å². The predicted molar refractivity (Wildman–Crippen MR) is 281 cm³/mol. The summed E-state index contributed by atoms with van der Waals surface area (Å²) in [6.45, 7) is 13.2. The molecule has 4 aromatic carbocycles. The standard InChI is InChI=1S/C56H66Cl2N6O5/c1-7-63(8-2)38-17-13-36(14-18-38)61-53-40-23-32(34-25-45(57)55(66)49(27-34)68-5)11-21-47(40)59-29-42(53)51-44(31-65)52(51)43-30-60-48-22-12-33(35-26-46(58)56(67)50(28-35)69-6)24-41(48)54(43)62-37-15-19-39(20-16-37)64(9-3)10-4/h11-12,21-31,36-39,44,51-52,66-67H,7-10,13-20H2,1-6H3,(H,59,61)(H,60,62). The minimum absolute atomic E-state index is 0.0967. The number of ether oxygens (including phenoxy) is 2. The first-order chi connectivity index (χ1) is 33.5. The molecule has 4 N–H and O–H groups in total. The van der Waals surface area contributed by atoms with Crippen molar-refractivity contribution >= 4 is 62.7 Å². The van der Waals surface area contributed by atoms with Crippen molar-refractivity contribution in [3.8, 4) is 45.3 Å². The fourth-order valence-corrected chi connectivity index (χ4v) is 12.2. The number of aldehydes is 1. The van der Waals surface area contributed by atoms with Gasteiger partial charge in [-0.3, -0.25) is 9.97 Å². The van der Waals surface area contributed by atoms with Crippen LogP contribution < -0.4 is 20.1 Å². The Bertz CT molecular complexity index is 2630. The summed E-state index contributed by atoms with van der Waals surface area (Å²) in [5.41, 5.74) is 9.12. The summed E-state index contributed by atoms with van der Waals surface area (Å²) >= 11 is 13.1. The molecule has 9 rings (SSSR count). The molecule has 2 atom stereocenters. The van der Waals surface area contributed by atoms with Crippen LogP contribution in [0.25, 0.3) is 44.1 Å². The summed E-state index contributed by atoms with van der Waals surface area (Å²) in [6, 6.07) is 21.1. The van der Waals surface area contributed by atoms with E-state index in [0.29, 0.717) is 23.6 Å². The number of nitrogens with zero attached hydrogens (tertiary/aromatic N) is 4. The third kappa shape index (κ3) is 9.64. The Hall–Kier alpha value is -5.33. The number of pyridine rings is 2. The zero-order chi connectivity index (χ0) is 48.5. The molecule has 3 fully saturated rings. The van der Waals surface area contributed by atoms with Gasteiger partial charge < -0.3 is 44.9 Å². The van der Waals surface area contributed by atoms with E-state index in [-0.39, 0.29) is 51.4 Å². The van der Waals surface area contributed by atoms with Crippen molar-refractivity contribution < 1.29 is 24.5 Å². The molecule has 6 aromatic rings. The van der Waals surface area contributed by atoms with Gasteiger partial charge in [0.2, 0.25) is 0 Å². The maximum atomic E-state index is 13.5. The first kappa shape index (κ1) is 48.7. The second kappa shape index (κ2) is 20.9. The SMILES string of the molecule is CCN(CC)C1CCC(Nc2c(C3C(C=O)C3c3cnc4ccc(-c5cc(Cl)c(O)c(OC)c5)cc4c3NC3CCC(N(CC)CC)CC3)cnc3ccc(-c4cc(Cl)c(O)c(OC)c4)cc23)CC1. The van der Waals surface area contributed by atoms with E-state index in [1.807, 2.05) is 36.7 Å². The molecule has 13 heteroatoms. The summed E-state index contributed by atoms with van der Waals surface area (Å²) in [6.07, 6.45) is 13.7. The van der Waals surface area contributed by atoms with Crippen molar-refractivity contribution in [1.29, 1.82) is 0 Å². The van der Waals surface area contributed by atoms with Gasteiger partial charge in [-0.15, -0.1) is 0 Å². The topological polar surface area (TPSA) is 132 Å². The number of carbonyl (C=O) groups excluding carboxylic acids is 1. The third-order valence-electron chi connectivity index (χ3n) is 15.7. The number of nitrogens with one attached hydrogen (secondary N) is 2. The van der Waals surface area contributed by atoms with Crippen LogP contribution >= 0.6 is 23.2 Å². The van der Waals surface area contributed by atoms with Gasteiger partial charge in [-0.05, 0) is 159 Å². The largest absolute Gasteiger partial charge is 0.503 e. The molecule has 0 bridgehead atoms. The van der Waals surface area contributed by atoms with Gasteiger partial charge in [0, 0.05) is 76.5 Å². The van der Waals surface area contributed by atoms with Crippen LogP contribution in [-0.4, -0.2) is 101 Å². The van der Waals surface area contributed by atoms with E-state index in [1.165, 1.54) is 14.2 Å². The summed E-state index contributed by atoms with van der Waals surface area (Å²) in [5.74, 6) is -0.239. The van der Waals surface area contributed by atoms with Gasteiger partial charge in [-0.2, -0.15) is 0 Å². The lowest BCUT2D eigenvalue weighted by Crippen LogP contribution is -2.40. The van der Waals surface area contributed by atoms with Crippen LogP contribution in [0, 0.1) is 5.92 Å². The minimum Gasteiger partial charge on any atom is -0.503 e. The summed E-state index contributed by atoms with van der Waals surface area (Å²) in [7, 11) is 3.04. The highest BCUT2D eigenvalue weighted by Crippen LogP contribution is 2.63. The van der Waals surface area contributed by atoms with Gasteiger partial charge >= 0.3 is 0 Å². The van der Waals surface area contributed by atoms with E-state index < -0.39 is 0 Å². The number of hydrogen-bond acceptors (Lipinski definition) is 11. The Kier molecular flexibility index (Phi) is 14.8. The molecule has 2 heterocycles. The number of hydrogen-bond donors (Lipinski definition) is 4. The highest BCUT2D eigenvalue weighted by atomic mass is 35.5. The Morgan fingerprint density at radius 3 is 1.33 bits per heavy atom. The predicted octanol–water partition coefficient (Wildman–Crippen LogP) is 12.7. The van der Waals surface area contributed by atoms with E-state index in [0.717, 1.165) is 150 Å². The molecule has 0 saturated heterocycles. The molecular formula is C56H66Cl2N6O5. The quantitative estimate of drug-likeness (QED) is 0.0651. The monoisotopic (exact) mass is 972 g/mol. The second-order valence-electron chi connectivity index (χ2n) is 19.2. The van der Waals surface area contributed by atoms with E-state index in [2.05, 4.69) is 60.3 Å². The van der Waals surface area contributed by atoms with Gasteiger partial charge in [-0.1, -0.05) is 63.0 Å². The lowest BCUT2D eigenvalue weighted by Gasteiger charge is -2.37. The number of halogens is 2. The third-order valence-corrected chi connectivity index (χ3v) is 16.2. The Labute approximate surface area is 416 Å². The molecule has 0 radical (unpaired) electrons. The highest BCUT2D eigenvalue weighted by Gasteiger charge is 2.54. The van der Waals surface area contributed by atoms with Crippen LogP contribution in [0.5, 0.6) is 23.0 Å². The number of anilines is 2. The maximum Gasteiger partial charge on any atom is 0.176 e. The second-order valence-corrected chi connectivity index (χ2v) is 20.0. The van der Waals surface area contributed by atoms with Crippen molar-refractivity contribution in [2.45, 2.75) is 115 Å². The summed E-state index contributed by atoms with van der Waals surface area (Å²) in [4.78, 5) is 28.9. The molecule has 0 aliphatic heterocycles. The zero-order valence-corrected chi connectivity index (χ0v) is 42.2. The van der Waals surface area contributed by atoms with E-state index >= 15 is 0 Å². The molecule has 2 unspecified atom stereocenters. The van der Waals surface area contributed by atoms with Crippen molar-refractivity contribution in [2.75, 3.05) is 51.0 Å². The number of phenolic OH excluding ortho intramolecular Hbond substituents is 2. The molecule has 0 amide bonds. The van der Waals surface area contributed by atoms with Crippen molar-refractivity contribution in [3.05, 3.63) is 94.2 Å². The zero-order valence-electron chi connectivity index (χ0n) is 40.7. The van der Waals surface area contributed by atoms with E-state index in [9.17, 15) is 15.0 Å². The van der Waals surface area contributed by atoms with Gasteiger partial charge in [0.25, 0.3) is 0 Å². The molecule has 11 nitrogen and oxygen atoms in total. The highest BCUT2D eigenvalue weighted by molar-refractivity contribution is 6.33. The number of phenols is 2. The lowest BCUT2D eigenvalue weighted by molar-refractivity contribution is -0.109. The van der Waals surface area contributed by atoms with Crippen LogP contribution in [0.4, 0.5) is 11.4 Å². The average molecular weight is 974 g/mol. The Morgan fingerprint density at radius 2 is 0.986 bits per heavy atom. The summed E-state index contributed by atoms with van der Waals surface area (Å²) in [5, 5.41) is 31.7. The molecule has 0 spiro atoms. The number of fused-ring (bicyclic) bond motifs is 2. The van der Waals surface area contributed by atoms with Crippen LogP contribution in [0.3, 0.4) is 0 Å². The van der Waals surface area contributed by atoms with E-state index in [4.69, 9.17) is 42.6 Å². The van der Waals surface area contributed by atoms with E-state index in [1.54, 1.807) is 24.3 Å².